The molecular weight excluding hydrogens is 268 g/mol. The summed E-state index contributed by atoms with van der Waals surface area (Å²) in [7, 11) is -3.43. The summed E-state index contributed by atoms with van der Waals surface area (Å²) >= 11 is 0. The Morgan fingerprint density at radius 2 is 2.00 bits per heavy atom. The van der Waals surface area contributed by atoms with Crippen LogP contribution in [0.4, 0.5) is 0 Å². The zero-order valence-corrected chi connectivity index (χ0v) is 12.0. The van der Waals surface area contributed by atoms with Gasteiger partial charge in [-0.2, -0.15) is 17.4 Å². The molecule has 0 spiro atoms. The molecule has 0 aromatic heterocycles. The highest BCUT2D eigenvalue weighted by molar-refractivity contribution is 7.87. The van der Waals surface area contributed by atoms with Crippen molar-refractivity contribution in [1.29, 1.82) is 0 Å². The summed E-state index contributed by atoms with van der Waals surface area (Å²) < 4.78 is 28.4. The van der Waals surface area contributed by atoms with Crippen molar-refractivity contribution in [3.05, 3.63) is 0 Å². The van der Waals surface area contributed by atoms with Crippen LogP contribution in [0.25, 0.3) is 0 Å². The normalized spacial score (nSPS) is 29.3. The lowest BCUT2D eigenvalue weighted by Gasteiger charge is -2.29. The molecule has 0 bridgehead atoms. The minimum Gasteiger partial charge on any atom is -0.481 e. The monoisotopic (exact) mass is 290 g/mol. The lowest BCUT2D eigenvalue weighted by atomic mass is 9.99. The lowest BCUT2D eigenvalue weighted by molar-refractivity contribution is -0.142. The lowest BCUT2D eigenvalue weighted by Crippen LogP contribution is -2.46. The Hall–Kier alpha value is -0.660. The van der Waals surface area contributed by atoms with Crippen LogP contribution >= 0.6 is 0 Å². The van der Waals surface area contributed by atoms with E-state index in [1.807, 2.05) is 0 Å². The number of carboxylic acids is 1. The van der Waals surface area contributed by atoms with Gasteiger partial charge in [-0.3, -0.25) is 4.79 Å². The van der Waals surface area contributed by atoms with E-state index >= 15 is 0 Å². The van der Waals surface area contributed by atoms with Gasteiger partial charge in [0.25, 0.3) is 10.2 Å². The summed E-state index contributed by atoms with van der Waals surface area (Å²) in [5.41, 5.74) is 0. The van der Waals surface area contributed by atoms with E-state index < -0.39 is 22.1 Å². The van der Waals surface area contributed by atoms with E-state index in [-0.39, 0.29) is 6.04 Å². The van der Waals surface area contributed by atoms with Gasteiger partial charge in [0.1, 0.15) is 0 Å². The molecule has 7 heteroatoms. The number of nitrogens with one attached hydrogen (secondary N) is 1. The topological polar surface area (TPSA) is 86.7 Å². The third-order valence-electron chi connectivity index (χ3n) is 4.03. The molecule has 2 atom stereocenters. The van der Waals surface area contributed by atoms with Crippen molar-refractivity contribution in [2.75, 3.05) is 13.1 Å². The maximum absolute atomic E-state index is 12.1. The predicted molar refractivity (Wildman–Crippen MR) is 70.8 cm³/mol. The molecule has 0 amide bonds. The summed E-state index contributed by atoms with van der Waals surface area (Å²) in [6.07, 6.45) is 3.87. The van der Waals surface area contributed by atoms with Gasteiger partial charge in [0.15, 0.2) is 0 Å². The van der Waals surface area contributed by atoms with Gasteiger partial charge in [-0.1, -0.05) is 13.3 Å². The van der Waals surface area contributed by atoms with Crippen LogP contribution < -0.4 is 4.72 Å². The van der Waals surface area contributed by atoms with Gasteiger partial charge in [-0.05, 0) is 31.6 Å². The van der Waals surface area contributed by atoms with E-state index in [4.69, 9.17) is 5.11 Å². The van der Waals surface area contributed by atoms with Crippen LogP contribution in [0.5, 0.6) is 0 Å². The minimum absolute atomic E-state index is 0.0853. The number of piperidine rings is 1. The second kappa shape index (κ2) is 5.76. The summed E-state index contributed by atoms with van der Waals surface area (Å²) in [5, 5.41) is 8.89. The van der Waals surface area contributed by atoms with Gasteiger partial charge < -0.3 is 5.11 Å². The first-order valence-electron chi connectivity index (χ1n) is 6.94. The average molecular weight is 290 g/mol. The van der Waals surface area contributed by atoms with Crippen molar-refractivity contribution in [3.63, 3.8) is 0 Å². The fourth-order valence-corrected chi connectivity index (χ4v) is 4.20. The summed E-state index contributed by atoms with van der Waals surface area (Å²) in [4.78, 5) is 10.8. The van der Waals surface area contributed by atoms with Gasteiger partial charge in [0.05, 0.1) is 5.92 Å². The number of rotatable bonds is 6. The molecule has 1 saturated carbocycles. The van der Waals surface area contributed by atoms with Gasteiger partial charge in [0.2, 0.25) is 0 Å². The second-order valence-corrected chi connectivity index (χ2v) is 7.23. The van der Waals surface area contributed by atoms with Gasteiger partial charge >= 0.3 is 5.97 Å². The fourth-order valence-electron chi connectivity index (χ4n) is 2.69. The minimum atomic E-state index is -3.43. The molecule has 0 radical (unpaired) electrons. The second-order valence-electron chi connectivity index (χ2n) is 5.53. The van der Waals surface area contributed by atoms with E-state index in [0.29, 0.717) is 31.8 Å². The number of carboxylic acid groups (broad SMARTS) is 1. The molecule has 1 aliphatic carbocycles. The van der Waals surface area contributed by atoms with Gasteiger partial charge in [-0.15, -0.1) is 0 Å². The van der Waals surface area contributed by atoms with E-state index in [1.54, 1.807) is 0 Å². The highest BCUT2D eigenvalue weighted by atomic mass is 32.2. The Labute approximate surface area is 114 Å². The number of carbonyl (C=O) groups is 1. The highest BCUT2D eigenvalue weighted by Crippen LogP contribution is 2.35. The molecule has 2 aliphatic rings. The summed E-state index contributed by atoms with van der Waals surface area (Å²) in [5.74, 6) is -0.744. The summed E-state index contributed by atoms with van der Waals surface area (Å²) in [6.45, 7) is 2.70. The smallest absolute Gasteiger partial charge is 0.306 e. The molecule has 2 fully saturated rings. The largest absolute Gasteiger partial charge is 0.481 e. The van der Waals surface area contributed by atoms with Gasteiger partial charge in [0, 0.05) is 19.1 Å². The van der Waals surface area contributed by atoms with Crippen LogP contribution in [-0.2, 0) is 15.0 Å². The molecule has 0 aromatic carbocycles. The Kier molecular flexibility index (Phi) is 4.47. The maximum Gasteiger partial charge on any atom is 0.306 e. The fraction of sp³-hybridized carbons (Fsp3) is 0.917. The van der Waals surface area contributed by atoms with Crippen molar-refractivity contribution in [3.8, 4) is 0 Å². The average Bonchev–Trinajstić information content (AvgIpc) is 3.07. The van der Waals surface area contributed by atoms with Crippen molar-refractivity contribution >= 4 is 16.2 Å². The molecular formula is C12H22N2O4S. The number of hydrogen-bond acceptors (Lipinski definition) is 3. The van der Waals surface area contributed by atoms with E-state index in [1.165, 1.54) is 4.31 Å². The number of hydrogen-bond donors (Lipinski definition) is 2. The first-order chi connectivity index (χ1) is 8.94. The molecule has 1 aliphatic heterocycles. The molecule has 19 heavy (non-hydrogen) atoms. The van der Waals surface area contributed by atoms with Crippen molar-refractivity contribution < 1.29 is 18.3 Å². The molecule has 6 nitrogen and oxygen atoms in total. The molecule has 110 valence electrons. The maximum atomic E-state index is 12.1. The predicted octanol–water partition coefficient (Wildman–Crippen LogP) is 0.806. The first kappa shape index (κ1) is 14.7. The van der Waals surface area contributed by atoms with Crippen molar-refractivity contribution in [2.24, 2.45) is 11.8 Å². The molecule has 2 rings (SSSR count). The quantitative estimate of drug-likeness (QED) is 0.758. The van der Waals surface area contributed by atoms with Crippen LogP contribution in [0.3, 0.4) is 0 Å². The third kappa shape index (κ3) is 3.67. The first-order valence-corrected chi connectivity index (χ1v) is 8.38. The van der Waals surface area contributed by atoms with Gasteiger partial charge in [-0.25, -0.2) is 0 Å². The van der Waals surface area contributed by atoms with E-state index in [9.17, 15) is 13.2 Å². The molecule has 2 unspecified atom stereocenters. The van der Waals surface area contributed by atoms with Crippen LogP contribution in [0.2, 0.25) is 0 Å². The van der Waals surface area contributed by atoms with Crippen molar-refractivity contribution in [2.45, 2.75) is 45.1 Å². The molecule has 1 heterocycles. The Morgan fingerprint density at radius 1 is 1.37 bits per heavy atom. The van der Waals surface area contributed by atoms with Crippen LogP contribution in [0, 0.1) is 11.8 Å². The van der Waals surface area contributed by atoms with E-state index in [2.05, 4.69) is 11.6 Å². The molecule has 1 saturated heterocycles. The zero-order chi connectivity index (χ0) is 14.0. The number of aliphatic carboxylic acids is 1. The third-order valence-corrected chi connectivity index (χ3v) is 5.67. The zero-order valence-electron chi connectivity index (χ0n) is 11.2. The summed E-state index contributed by atoms with van der Waals surface area (Å²) in [6, 6.07) is 0.0853. The van der Waals surface area contributed by atoms with Crippen LogP contribution in [0.15, 0.2) is 0 Å². The van der Waals surface area contributed by atoms with Crippen LogP contribution in [-0.4, -0.2) is 42.9 Å². The standard InChI is InChI=1S/C12H22N2O4S/c1-2-3-10-8-11(10)13-19(17,18)14-6-4-9(5-7-14)12(15)16/h9-11,13H,2-8H2,1H3,(H,15,16). The van der Waals surface area contributed by atoms with Crippen molar-refractivity contribution in [1.82, 2.24) is 9.03 Å². The van der Waals surface area contributed by atoms with Crippen LogP contribution in [0.1, 0.15) is 39.0 Å². The Balaban J connectivity index is 1.83. The Morgan fingerprint density at radius 3 is 2.53 bits per heavy atom. The molecule has 2 N–H and O–H groups in total. The SMILES string of the molecule is CCCC1CC1NS(=O)(=O)N1CCC(C(=O)O)CC1. The number of nitrogens with zero attached hydrogens (tertiary/aromatic N) is 1. The molecule has 0 aromatic rings. The Bertz CT molecular complexity index is 429. The highest BCUT2D eigenvalue weighted by Gasteiger charge is 2.41. The van der Waals surface area contributed by atoms with E-state index in [0.717, 1.165) is 19.3 Å².